The number of aryl methyl sites for hydroxylation is 1. The van der Waals surface area contributed by atoms with E-state index >= 15 is 0 Å². The summed E-state index contributed by atoms with van der Waals surface area (Å²) in [6, 6.07) is 7.51. The largest absolute Gasteiger partial charge is 0.378 e. The van der Waals surface area contributed by atoms with Gasteiger partial charge in [-0.05, 0) is 24.6 Å². The predicted octanol–water partition coefficient (Wildman–Crippen LogP) is 1.34. The smallest absolute Gasteiger partial charge is 0.243 e. The molecule has 0 spiro atoms. The Morgan fingerprint density at radius 3 is 3.00 bits per heavy atom. The van der Waals surface area contributed by atoms with Gasteiger partial charge in [-0.25, -0.2) is 0 Å². The first-order chi connectivity index (χ1) is 7.75. The van der Waals surface area contributed by atoms with Crippen LogP contribution in [-0.2, 0) is 9.53 Å². The molecule has 0 aromatic heterocycles. The Hall–Kier alpha value is -1.10. The second kappa shape index (κ2) is 6.59. The van der Waals surface area contributed by atoms with Gasteiger partial charge in [0.25, 0.3) is 0 Å². The van der Waals surface area contributed by atoms with Crippen LogP contribution < -0.4 is 10.6 Å². The number of hydrogen-bond acceptors (Lipinski definition) is 3. The zero-order chi connectivity index (χ0) is 11.4. The van der Waals surface area contributed by atoms with E-state index in [1.165, 1.54) is 0 Å². The number of carbonyl (C=O) groups is 1. The fraction of sp³-hybridized carbons (Fsp3) is 0.417. The van der Waals surface area contributed by atoms with Gasteiger partial charge in [0.1, 0.15) is 6.04 Å². The maximum absolute atomic E-state index is 11.8. The first-order valence-electron chi connectivity index (χ1n) is 5.44. The molecule has 1 saturated heterocycles. The van der Waals surface area contributed by atoms with Gasteiger partial charge in [-0.15, -0.1) is 12.4 Å². The molecule has 0 aliphatic carbocycles. The van der Waals surface area contributed by atoms with Crippen molar-refractivity contribution in [2.45, 2.75) is 13.0 Å². The highest BCUT2D eigenvalue weighted by Gasteiger charge is 2.20. The van der Waals surface area contributed by atoms with Gasteiger partial charge in [0.2, 0.25) is 5.91 Å². The zero-order valence-electron chi connectivity index (χ0n) is 9.73. The molecular formula is C12H17ClN2O2. The number of rotatable bonds is 2. The molecular weight excluding hydrogens is 240 g/mol. The van der Waals surface area contributed by atoms with Crippen molar-refractivity contribution >= 4 is 24.0 Å². The summed E-state index contributed by atoms with van der Waals surface area (Å²) in [7, 11) is 0. The molecule has 1 aromatic rings. The minimum atomic E-state index is -0.241. The van der Waals surface area contributed by atoms with Gasteiger partial charge in [-0.3, -0.25) is 4.79 Å². The Kier molecular flexibility index (Phi) is 5.41. The van der Waals surface area contributed by atoms with Crippen LogP contribution in [0.15, 0.2) is 24.3 Å². The number of halogens is 1. The Labute approximate surface area is 107 Å². The molecule has 1 aliphatic heterocycles. The molecule has 5 heteroatoms. The molecule has 94 valence electrons. The van der Waals surface area contributed by atoms with Crippen LogP contribution in [0, 0.1) is 6.92 Å². The van der Waals surface area contributed by atoms with E-state index in [0.717, 1.165) is 17.8 Å². The van der Waals surface area contributed by atoms with E-state index in [1.807, 2.05) is 31.2 Å². The van der Waals surface area contributed by atoms with E-state index in [2.05, 4.69) is 10.6 Å². The van der Waals surface area contributed by atoms with Gasteiger partial charge < -0.3 is 15.4 Å². The second-order valence-corrected chi connectivity index (χ2v) is 3.94. The Morgan fingerprint density at radius 2 is 2.35 bits per heavy atom. The van der Waals surface area contributed by atoms with Crippen molar-refractivity contribution in [1.82, 2.24) is 5.32 Å². The third-order valence-electron chi connectivity index (χ3n) is 2.52. The molecule has 17 heavy (non-hydrogen) atoms. The first-order valence-corrected chi connectivity index (χ1v) is 5.44. The van der Waals surface area contributed by atoms with Crippen LogP contribution in [0.2, 0.25) is 0 Å². The van der Waals surface area contributed by atoms with Crippen LogP contribution in [0.4, 0.5) is 5.69 Å². The van der Waals surface area contributed by atoms with E-state index in [0.29, 0.717) is 13.2 Å². The number of carbonyl (C=O) groups excluding carboxylic acids is 1. The van der Waals surface area contributed by atoms with E-state index in [4.69, 9.17) is 4.74 Å². The Morgan fingerprint density at radius 1 is 1.53 bits per heavy atom. The van der Waals surface area contributed by atoms with E-state index in [9.17, 15) is 4.79 Å². The standard InChI is InChI=1S/C12H16N2O2.ClH/c1-9-3-2-4-10(7-9)14-12(15)11-8-16-6-5-13-11;/h2-4,7,11,13H,5-6,8H2,1H3,(H,14,15);1H. The van der Waals surface area contributed by atoms with Crippen molar-refractivity contribution in [1.29, 1.82) is 0 Å². The third kappa shape index (κ3) is 4.00. The summed E-state index contributed by atoms with van der Waals surface area (Å²) >= 11 is 0. The highest BCUT2D eigenvalue weighted by Crippen LogP contribution is 2.10. The minimum Gasteiger partial charge on any atom is -0.378 e. The summed E-state index contributed by atoms with van der Waals surface area (Å²) < 4.78 is 5.24. The summed E-state index contributed by atoms with van der Waals surface area (Å²) in [5.41, 5.74) is 1.96. The Bertz CT molecular complexity index is 379. The number of benzene rings is 1. The van der Waals surface area contributed by atoms with Gasteiger partial charge >= 0.3 is 0 Å². The average molecular weight is 257 g/mol. The van der Waals surface area contributed by atoms with Crippen molar-refractivity contribution in [3.8, 4) is 0 Å². The van der Waals surface area contributed by atoms with E-state index in [1.54, 1.807) is 0 Å². The van der Waals surface area contributed by atoms with Gasteiger partial charge in [-0.1, -0.05) is 12.1 Å². The number of anilines is 1. The number of hydrogen-bond donors (Lipinski definition) is 2. The summed E-state index contributed by atoms with van der Waals surface area (Å²) in [5, 5.41) is 5.99. The molecule has 2 N–H and O–H groups in total. The van der Waals surface area contributed by atoms with E-state index < -0.39 is 0 Å². The number of amides is 1. The topological polar surface area (TPSA) is 50.4 Å². The fourth-order valence-electron chi connectivity index (χ4n) is 1.69. The molecule has 1 heterocycles. The molecule has 1 aliphatic rings. The molecule has 2 rings (SSSR count). The molecule has 1 unspecified atom stereocenters. The fourth-order valence-corrected chi connectivity index (χ4v) is 1.69. The molecule has 0 saturated carbocycles. The first kappa shape index (κ1) is 14.0. The van der Waals surface area contributed by atoms with Crippen molar-refractivity contribution in [2.24, 2.45) is 0 Å². The van der Waals surface area contributed by atoms with Crippen LogP contribution in [0.5, 0.6) is 0 Å². The predicted molar refractivity (Wildman–Crippen MR) is 69.7 cm³/mol. The lowest BCUT2D eigenvalue weighted by atomic mass is 10.2. The Balaban J connectivity index is 0.00000144. The SMILES string of the molecule is Cc1cccc(NC(=O)C2COCCN2)c1.Cl. The number of ether oxygens (including phenoxy) is 1. The molecule has 4 nitrogen and oxygen atoms in total. The summed E-state index contributed by atoms with van der Waals surface area (Å²) in [6.07, 6.45) is 0. The zero-order valence-corrected chi connectivity index (χ0v) is 10.5. The molecule has 1 amide bonds. The van der Waals surface area contributed by atoms with Crippen molar-refractivity contribution in [3.05, 3.63) is 29.8 Å². The highest BCUT2D eigenvalue weighted by atomic mass is 35.5. The van der Waals surface area contributed by atoms with Gasteiger partial charge in [-0.2, -0.15) is 0 Å². The number of nitrogens with one attached hydrogen (secondary N) is 2. The monoisotopic (exact) mass is 256 g/mol. The lowest BCUT2D eigenvalue weighted by Crippen LogP contribution is -2.48. The molecule has 1 fully saturated rings. The summed E-state index contributed by atoms with van der Waals surface area (Å²) in [4.78, 5) is 11.8. The lowest BCUT2D eigenvalue weighted by Gasteiger charge is -2.22. The number of morpholine rings is 1. The molecule has 1 aromatic carbocycles. The normalized spacial score (nSPS) is 19.2. The quantitative estimate of drug-likeness (QED) is 0.840. The van der Waals surface area contributed by atoms with Gasteiger partial charge in [0, 0.05) is 12.2 Å². The van der Waals surface area contributed by atoms with Crippen LogP contribution in [0.1, 0.15) is 5.56 Å². The summed E-state index contributed by atoms with van der Waals surface area (Å²) in [6.45, 7) is 3.84. The molecule has 0 bridgehead atoms. The van der Waals surface area contributed by atoms with Crippen LogP contribution in [0.3, 0.4) is 0 Å². The lowest BCUT2D eigenvalue weighted by molar-refractivity contribution is -0.120. The van der Waals surface area contributed by atoms with Crippen LogP contribution >= 0.6 is 12.4 Å². The second-order valence-electron chi connectivity index (χ2n) is 3.94. The van der Waals surface area contributed by atoms with Crippen LogP contribution in [0.25, 0.3) is 0 Å². The van der Waals surface area contributed by atoms with Gasteiger partial charge in [0.05, 0.1) is 13.2 Å². The van der Waals surface area contributed by atoms with Crippen molar-refractivity contribution in [2.75, 3.05) is 25.1 Å². The van der Waals surface area contributed by atoms with Crippen molar-refractivity contribution in [3.63, 3.8) is 0 Å². The maximum atomic E-state index is 11.8. The maximum Gasteiger partial charge on any atom is 0.243 e. The molecule has 0 radical (unpaired) electrons. The van der Waals surface area contributed by atoms with E-state index in [-0.39, 0.29) is 24.4 Å². The van der Waals surface area contributed by atoms with Gasteiger partial charge in [0.15, 0.2) is 0 Å². The minimum absolute atomic E-state index is 0. The average Bonchev–Trinajstić information content (AvgIpc) is 2.30. The third-order valence-corrected chi connectivity index (χ3v) is 2.52. The highest BCUT2D eigenvalue weighted by molar-refractivity contribution is 5.95. The molecule has 1 atom stereocenters. The summed E-state index contributed by atoms with van der Waals surface area (Å²) in [5.74, 6) is -0.0368. The van der Waals surface area contributed by atoms with Crippen LogP contribution in [-0.4, -0.2) is 31.7 Å². The van der Waals surface area contributed by atoms with Crippen molar-refractivity contribution < 1.29 is 9.53 Å².